The summed E-state index contributed by atoms with van der Waals surface area (Å²) in [6.07, 6.45) is 0.783. The van der Waals surface area contributed by atoms with Gasteiger partial charge in [-0.3, -0.25) is 4.79 Å². The summed E-state index contributed by atoms with van der Waals surface area (Å²) in [6.45, 7) is 6.76. The Kier molecular flexibility index (Phi) is 2.89. The second-order valence-corrected chi connectivity index (χ2v) is 5.42. The summed E-state index contributed by atoms with van der Waals surface area (Å²) in [5.74, 6) is -0.445. The molecule has 3 rings (SSSR count). The minimum Gasteiger partial charge on any atom is -0.489 e. The third-order valence-corrected chi connectivity index (χ3v) is 4.18. The molecule has 3 nitrogen and oxygen atoms in total. The van der Waals surface area contributed by atoms with E-state index in [1.807, 2.05) is 12.1 Å². The summed E-state index contributed by atoms with van der Waals surface area (Å²) < 4.78 is 18.2. The molecule has 104 valence electrons. The van der Waals surface area contributed by atoms with Crippen molar-refractivity contribution in [2.24, 2.45) is 11.8 Å². The average molecular weight is 274 g/mol. The van der Waals surface area contributed by atoms with Crippen molar-refractivity contribution in [3.8, 4) is 5.75 Å². The van der Waals surface area contributed by atoms with Gasteiger partial charge in [-0.2, -0.15) is 0 Å². The highest BCUT2D eigenvalue weighted by Crippen LogP contribution is 2.61. The van der Waals surface area contributed by atoms with Crippen LogP contribution in [0.1, 0.15) is 17.0 Å². The molecule has 4 heteroatoms. The van der Waals surface area contributed by atoms with Crippen molar-refractivity contribution in [3.63, 3.8) is 0 Å². The van der Waals surface area contributed by atoms with E-state index in [4.69, 9.17) is 9.84 Å². The van der Waals surface area contributed by atoms with E-state index in [-0.39, 0.29) is 29.9 Å². The van der Waals surface area contributed by atoms with Crippen LogP contribution < -0.4 is 4.74 Å². The van der Waals surface area contributed by atoms with Crippen molar-refractivity contribution < 1.29 is 19.0 Å². The third-order valence-electron chi connectivity index (χ3n) is 4.18. The molecule has 0 heterocycles. The van der Waals surface area contributed by atoms with Crippen molar-refractivity contribution in [1.82, 2.24) is 0 Å². The van der Waals surface area contributed by atoms with Crippen LogP contribution in [-0.4, -0.2) is 17.7 Å². The lowest BCUT2D eigenvalue weighted by atomic mass is 10.0. The molecule has 0 bridgehead atoms. The zero-order chi connectivity index (χ0) is 14.4. The van der Waals surface area contributed by atoms with Gasteiger partial charge in [-0.05, 0) is 35.6 Å². The number of ether oxygens (including phenoxy) is 1. The first-order valence-corrected chi connectivity index (χ1v) is 6.50. The van der Waals surface area contributed by atoms with Gasteiger partial charge in [0.1, 0.15) is 18.2 Å². The second kappa shape index (κ2) is 4.47. The first-order valence-electron chi connectivity index (χ1n) is 6.50. The number of rotatable bonds is 5. The SMILES string of the molecule is C=C(F)C(=C)COc1ccc2c(c1)CC1C(C(=O)O)C21. The minimum absolute atomic E-state index is 0.0682. The summed E-state index contributed by atoms with van der Waals surface area (Å²) in [5.41, 5.74) is 2.47. The molecular weight excluding hydrogens is 259 g/mol. The van der Waals surface area contributed by atoms with Crippen molar-refractivity contribution in [3.05, 3.63) is 53.9 Å². The van der Waals surface area contributed by atoms with Crippen LogP contribution in [0.5, 0.6) is 5.75 Å². The van der Waals surface area contributed by atoms with Crippen LogP contribution in [0.3, 0.4) is 0 Å². The molecule has 0 aliphatic heterocycles. The van der Waals surface area contributed by atoms with Crippen molar-refractivity contribution >= 4 is 5.97 Å². The highest BCUT2D eigenvalue weighted by atomic mass is 19.1. The van der Waals surface area contributed by atoms with Crippen molar-refractivity contribution in [2.75, 3.05) is 6.61 Å². The fourth-order valence-corrected chi connectivity index (χ4v) is 3.07. The molecule has 2 aliphatic carbocycles. The minimum atomic E-state index is -0.705. The number of hydrogen-bond donors (Lipinski definition) is 1. The number of carbonyl (C=O) groups is 1. The molecule has 1 aromatic carbocycles. The van der Waals surface area contributed by atoms with Gasteiger partial charge in [0.2, 0.25) is 0 Å². The van der Waals surface area contributed by atoms with Crippen LogP contribution in [0, 0.1) is 11.8 Å². The van der Waals surface area contributed by atoms with Crippen LogP contribution in [0.15, 0.2) is 42.8 Å². The Morgan fingerprint density at radius 1 is 1.45 bits per heavy atom. The van der Waals surface area contributed by atoms with E-state index in [2.05, 4.69) is 13.2 Å². The average Bonchev–Trinajstić information content (AvgIpc) is 2.99. The van der Waals surface area contributed by atoms with Crippen LogP contribution in [0.2, 0.25) is 0 Å². The highest BCUT2D eigenvalue weighted by Gasteiger charge is 2.59. The molecule has 1 aromatic rings. The van der Waals surface area contributed by atoms with Crippen LogP contribution >= 0.6 is 0 Å². The van der Waals surface area contributed by atoms with E-state index in [1.54, 1.807) is 6.07 Å². The Hall–Kier alpha value is -2.10. The smallest absolute Gasteiger partial charge is 0.307 e. The number of halogens is 1. The van der Waals surface area contributed by atoms with Gasteiger partial charge in [-0.15, -0.1) is 0 Å². The van der Waals surface area contributed by atoms with Crippen molar-refractivity contribution in [2.45, 2.75) is 12.3 Å². The number of carboxylic acid groups (broad SMARTS) is 1. The number of benzene rings is 1. The second-order valence-electron chi connectivity index (χ2n) is 5.42. The summed E-state index contributed by atoms with van der Waals surface area (Å²) in [5, 5.41) is 9.06. The number of carboxylic acids is 1. The van der Waals surface area contributed by atoms with E-state index in [1.165, 1.54) is 0 Å². The molecule has 1 fully saturated rings. The van der Waals surface area contributed by atoms with Gasteiger partial charge in [0.05, 0.1) is 5.92 Å². The molecule has 0 amide bonds. The van der Waals surface area contributed by atoms with Gasteiger partial charge < -0.3 is 9.84 Å². The first-order chi connectivity index (χ1) is 9.49. The zero-order valence-corrected chi connectivity index (χ0v) is 10.9. The van der Waals surface area contributed by atoms with E-state index in [0.717, 1.165) is 17.5 Å². The number of aliphatic carboxylic acids is 1. The molecule has 2 aliphatic rings. The van der Waals surface area contributed by atoms with E-state index in [9.17, 15) is 9.18 Å². The van der Waals surface area contributed by atoms with Crippen LogP contribution in [-0.2, 0) is 11.2 Å². The molecule has 1 saturated carbocycles. The maximum absolute atomic E-state index is 12.8. The molecule has 0 spiro atoms. The molecule has 0 saturated heterocycles. The Balaban J connectivity index is 1.69. The summed E-state index contributed by atoms with van der Waals surface area (Å²) in [7, 11) is 0. The maximum atomic E-state index is 12.8. The van der Waals surface area contributed by atoms with Gasteiger partial charge >= 0.3 is 5.97 Å². The summed E-state index contributed by atoms with van der Waals surface area (Å²) in [4.78, 5) is 11.0. The van der Waals surface area contributed by atoms with Gasteiger partial charge in [-0.1, -0.05) is 19.2 Å². The summed E-state index contributed by atoms with van der Waals surface area (Å²) in [6, 6.07) is 5.63. The lowest BCUT2D eigenvalue weighted by Crippen LogP contribution is -2.06. The Morgan fingerprint density at radius 2 is 2.20 bits per heavy atom. The Morgan fingerprint density at radius 3 is 2.85 bits per heavy atom. The van der Waals surface area contributed by atoms with Gasteiger partial charge in [0.15, 0.2) is 0 Å². The molecule has 20 heavy (non-hydrogen) atoms. The fourth-order valence-electron chi connectivity index (χ4n) is 3.07. The Bertz CT molecular complexity index is 620. The maximum Gasteiger partial charge on any atom is 0.307 e. The number of hydrogen-bond acceptors (Lipinski definition) is 2. The lowest BCUT2D eigenvalue weighted by Gasteiger charge is -2.10. The van der Waals surface area contributed by atoms with Gasteiger partial charge in [-0.25, -0.2) is 4.39 Å². The highest BCUT2D eigenvalue weighted by molar-refractivity contribution is 5.77. The molecule has 3 unspecified atom stereocenters. The number of fused-ring (bicyclic) bond motifs is 3. The topological polar surface area (TPSA) is 46.5 Å². The predicted molar refractivity (Wildman–Crippen MR) is 72.4 cm³/mol. The molecule has 0 radical (unpaired) electrons. The molecule has 0 aromatic heterocycles. The Labute approximate surface area is 116 Å². The summed E-state index contributed by atoms with van der Waals surface area (Å²) >= 11 is 0. The van der Waals surface area contributed by atoms with Gasteiger partial charge in [0, 0.05) is 11.5 Å². The lowest BCUT2D eigenvalue weighted by molar-refractivity contribution is -0.139. The van der Waals surface area contributed by atoms with Crippen LogP contribution in [0.25, 0.3) is 0 Å². The first kappa shape index (κ1) is 12.9. The normalized spacial score (nSPS) is 25.6. The molecule has 1 N–H and O–H groups in total. The van der Waals surface area contributed by atoms with Crippen molar-refractivity contribution in [1.29, 1.82) is 0 Å². The molecule has 3 atom stereocenters. The molecular formula is C16H15FO3. The third kappa shape index (κ3) is 2.01. The van der Waals surface area contributed by atoms with E-state index >= 15 is 0 Å². The zero-order valence-electron chi connectivity index (χ0n) is 10.9. The van der Waals surface area contributed by atoms with E-state index < -0.39 is 11.8 Å². The predicted octanol–water partition coefficient (Wildman–Crippen LogP) is 3.08. The quantitative estimate of drug-likeness (QED) is 0.839. The van der Waals surface area contributed by atoms with Crippen LogP contribution in [0.4, 0.5) is 4.39 Å². The monoisotopic (exact) mass is 274 g/mol. The standard InChI is InChI=1S/C16H15FO3/c1-8(9(2)17)7-20-11-3-4-12-10(5-11)6-13-14(12)15(13)16(18)19/h3-5,13-15H,1-2,6-7H2,(H,18,19). The largest absolute Gasteiger partial charge is 0.489 e. The fraction of sp³-hybridized carbons (Fsp3) is 0.312. The van der Waals surface area contributed by atoms with E-state index in [0.29, 0.717) is 5.75 Å². The van der Waals surface area contributed by atoms with Gasteiger partial charge in [0.25, 0.3) is 0 Å².